The zero-order valence-electron chi connectivity index (χ0n) is 19.7. The minimum absolute atomic E-state index is 0.0740. The number of carbonyl (C=O) groups is 1. The number of nitrogens with one attached hydrogen (secondary N) is 1. The van der Waals surface area contributed by atoms with Gasteiger partial charge >= 0.3 is 0 Å². The van der Waals surface area contributed by atoms with E-state index in [4.69, 9.17) is 4.74 Å². The number of carbonyl (C=O) groups excluding carboxylic acids is 1. The fourth-order valence-corrected chi connectivity index (χ4v) is 5.27. The number of halogens is 2. The van der Waals surface area contributed by atoms with E-state index < -0.39 is 11.6 Å². The lowest BCUT2D eigenvalue weighted by molar-refractivity contribution is -0.129. The Kier molecular flexibility index (Phi) is 5.77. The first kappa shape index (κ1) is 23.0. The molecule has 9 heteroatoms. The van der Waals surface area contributed by atoms with Crippen molar-refractivity contribution >= 4 is 22.5 Å². The summed E-state index contributed by atoms with van der Waals surface area (Å²) in [6.07, 6.45) is 3.95. The van der Waals surface area contributed by atoms with Gasteiger partial charge in [-0.05, 0) is 42.0 Å². The number of nitrogens with zero attached hydrogens (tertiary/aromatic N) is 4. The Balaban J connectivity index is 1.55. The molecule has 2 aromatic heterocycles. The van der Waals surface area contributed by atoms with Crippen molar-refractivity contribution in [2.45, 2.75) is 6.42 Å². The van der Waals surface area contributed by atoms with E-state index in [1.54, 1.807) is 19.0 Å². The average Bonchev–Trinajstić information content (AvgIpc) is 3.49. The summed E-state index contributed by atoms with van der Waals surface area (Å²) in [5, 5.41) is 10.4. The van der Waals surface area contributed by atoms with Crippen LogP contribution in [0.15, 0.2) is 30.5 Å². The number of methoxy groups -OCH3 is 1. The molecular weight excluding hydrogens is 452 g/mol. The van der Waals surface area contributed by atoms with Crippen LogP contribution in [0.4, 0.5) is 8.78 Å². The molecule has 0 saturated carbocycles. The van der Waals surface area contributed by atoms with Gasteiger partial charge in [0.25, 0.3) is 0 Å². The minimum Gasteiger partial charge on any atom is -0.496 e. The van der Waals surface area contributed by atoms with Crippen LogP contribution in [0.1, 0.15) is 17.7 Å². The molecule has 1 N–H and O–H groups in total. The molecule has 1 fully saturated rings. The van der Waals surface area contributed by atoms with Crippen molar-refractivity contribution in [1.82, 2.24) is 19.8 Å². The van der Waals surface area contributed by atoms with E-state index >= 15 is 4.39 Å². The van der Waals surface area contributed by atoms with Gasteiger partial charge in [0.2, 0.25) is 5.91 Å². The highest BCUT2D eigenvalue weighted by molar-refractivity contribution is 6.02. The zero-order chi connectivity index (χ0) is 24.9. The predicted molar refractivity (Wildman–Crippen MR) is 127 cm³/mol. The summed E-state index contributed by atoms with van der Waals surface area (Å²) >= 11 is 0. The zero-order valence-corrected chi connectivity index (χ0v) is 19.7. The second-order valence-corrected chi connectivity index (χ2v) is 9.34. The number of aromatic amines is 1. The van der Waals surface area contributed by atoms with E-state index in [0.717, 1.165) is 31.3 Å². The Morgan fingerprint density at radius 1 is 1.34 bits per heavy atom. The van der Waals surface area contributed by atoms with Crippen molar-refractivity contribution < 1.29 is 18.3 Å². The van der Waals surface area contributed by atoms with Crippen LogP contribution in [0, 0.1) is 34.8 Å². The van der Waals surface area contributed by atoms with Crippen LogP contribution in [0.3, 0.4) is 0 Å². The van der Waals surface area contributed by atoms with Crippen molar-refractivity contribution in [1.29, 1.82) is 5.26 Å². The third-order valence-electron chi connectivity index (χ3n) is 6.96. The summed E-state index contributed by atoms with van der Waals surface area (Å²) in [4.78, 5) is 23.2. The van der Waals surface area contributed by atoms with Crippen LogP contribution in [-0.2, 0) is 4.79 Å². The van der Waals surface area contributed by atoms with Gasteiger partial charge in [-0.1, -0.05) is 6.08 Å². The van der Waals surface area contributed by atoms with E-state index in [1.807, 2.05) is 0 Å². The largest absolute Gasteiger partial charge is 0.496 e. The van der Waals surface area contributed by atoms with E-state index in [2.05, 4.69) is 27.0 Å². The van der Waals surface area contributed by atoms with Crippen LogP contribution in [0.25, 0.3) is 27.7 Å². The summed E-state index contributed by atoms with van der Waals surface area (Å²) < 4.78 is 34.6. The summed E-state index contributed by atoms with van der Waals surface area (Å²) in [5.74, 6) is -0.225. The molecule has 1 amide bonds. The van der Waals surface area contributed by atoms with Gasteiger partial charge in [0.15, 0.2) is 0 Å². The minimum atomic E-state index is -0.665. The molecule has 0 spiro atoms. The fraction of sp³-hybridized carbons (Fsp3) is 0.346. The molecule has 3 heterocycles. The molecule has 1 aliphatic carbocycles. The van der Waals surface area contributed by atoms with Gasteiger partial charge in [-0.3, -0.25) is 9.69 Å². The number of likely N-dealkylation sites (N-methyl/N-ethyl adjacent to an activating group) is 1. The highest BCUT2D eigenvalue weighted by atomic mass is 19.1. The van der Waals surface area contributed by atoms with Crippen molar-refractivity contribution in [2.75, 3.05) is 40.8 Å². The van der Waals surface area contributed by atoms with Crippen LogP contribution in [0.2, 0.25) is 0 Å². The molecule has 0 radical (unpaired) electrons. The Hall–Kier alpha value is -3.77. The van der Waals surface area contributed by atoms with E-state index in [0.29, 0.717) is 34.9 Å². The number of nitriles is 1. The standard InChI is InChI=1S/C26H25F2N5O2/c1-32(2)22(34)13-33-11-15-6-14(7-16(15)12-33)25-19(9-29)24-23(20(28)10-30-26(24)31-25)18-8-17(27)4-5-21(18)35-3/h4-6,8,10,15-16H,7,11-13H2,1-3H3,(H,30,31). The number of hydrogen-bond donors (Lipinski definition) is 1. The molecule has 7 nitrogen and oxygen atoms in total. The van der Waals surface area contributed by atoms with Crippen molar-refractivity contribution in [3.05, 3.63) is 53.4 Å². The van der Waals surface area contributed by atoms with Gasteiger partial charge < -0.3 is 14.6 Å². The molecule has 1 saturated heterocycles. The van der Waals surface area contributed by atoms with Crippen LogP contribution in [-0.4, -0.2) is 66.5 Å². The van der Waals surface area contributed by atoms with Crippen LogP contribution < -0.4 is 4.74 Å². The Morgan fingerprint density at radius 2 is 2.14 bits per heavy atom. The number of H-pyrrole nitrogens is 1. The average molecular weight is 478 g/mol. The highest BCUT2D eigenvalue weighted by Gasteiger charge is 2.38. The lowest BCUT2D eigenvalue weighted by atomic mass is 9.96. The Morgan fingerprint density at radius 3 is 2.83 bits per heavy atom. The smallest absolute Gasteiger partial charge is 0.236 e. The van der Waals surface area contributed by atoms with Crippen LogP contribution >= 0.6 is 0 Å². The fourth-order valence-electron chi connectivity index (χ4n) is 5.27. The molecule has 5 rings (SSSR count). The van der Waals surface area contributed by atoms with Gasteiger partial charge in [-0.15, -0.1) is 0 Å². The van der Waals surface area contributed by atoms with E-state index in [9.17, 15) is 14.4 Å². The number of hydrogen-bond acceptors (Lipinski definition) is 5. The maximum atomic E-state index is 15.1. The topological polar surface area (TPSA) is 85.2 Å². The highest BCUT2D eigenvalue weighted by Crippen LogP contribution is 2.45. The molecular formula is C26H25F2N5O2. The molecule has 1 aromatic carbocycles. The number of aromatic nitrogens is 2. The number of allylic oxidation sites excluding steroid dienone is 1. The first-order valence-corrected chi connectivity index (χ1v) is 11.4. The molecule has 3 aromatic rings. The quantitative estimate of drug-likeness (QED) is 0.604. The number of rotatable bonds is 5. The van der Waals surface area contributed by atoms with Gasteiger partial charge in [0.05, 0.1) is 31.1 Å². The molecule has 35 heavy (non-hydrogen) atoms. The number of benzene rings is 1. The third kappa shape index (κ3) is 3.94. The second kappa shape index (κ2) is 8.78. The van der Waals surface area contributed by atoms with Gasteiger partial charge in [-0.2, -0.15) is 5.26 Å². The maximum absolute atomic E-state index is 15.1. The normalized spacial score (nSPS) is 19.5. The third-order valence-corrected chi connectivity index (χ3v) is 6.96. The molecule has 2 unspecified atom stereocenters. The summed E-state index contributed by atoms with van der Waals surface area (Å²) in [6.45, 7) is 1.96. The van der Waals surface area contributed by atoms with E-state index in [-0.39, 0.29) is 28.5 Å². The van der Waals surface area contributed by atoms with Gasteiger partial charge in [0.1, 0.15) is 29.1 Å². The number of fused-ring (bicyclic) bond motifs is 2. The number of likely N-dealkylation sites (tertiary alicyclic amines) is 1. The summed E-state index contributed by atoms with van der Waals surface area (Å²) in [7, 11) is 4.93. The molecule has 2 aliphatic rings. The van der Waals surface area contributed by atoms with E-state index in [1.165, 1.54) is 25.3 Å². The van der Waals surface area contributed by atoms with Crippen molar-refractivity contribution in [3.63, 3.8) is 0 Å². The molecule has 0 bridgehead atoms. The molecule has 2 atom stereocenters. The number of pyridine rings is 1. The van der Waals surface area contributed by atoms with Crippen molar-refractivity contribution in [3.8, 4) is 22.9 Å². The lowest BCUT2D eigenvalue weighted by Crippen LogP contribution is -2.35. The predicted octanol–water partition coefficient (Wildman–Crippen LogP) is 3.81. The lowest BCUT2D eigenvalue weighted by Gasteiger charge is -2.18. The van der Waals surface area contributed by atoms with Crippen molar-refractivity contribution in [2.24, 2.45) is 11.8 Å². The first-order chi connectivity index (χ1) is 16.8. The summed E-state index contributed by atoms with van der Waals surface area (Å²) in [5.41, 5.74) is 2.53. The first-order valence-electron chi connectivity index (χ1n) is 11.4. The maximum Gasteiger partial charge on any atom is 0.236 e. The van der Waals surface area contributed by atoms with Gasteiger partial charge in [-0.25, -0.2) is 13.8 Å². The number of ether oxygens (including phenoxy) is 1. The molecule has 180 valence electrons. The number of amides is 1. The van der Waals surface area contributed by atoms with Gasteiger partial charge in [0, 0.05) is 43.7 Å². The Bertz CT molecular complexity index is 1400. The van der Waals surface area contributed by atoms with Crippen LogP contribution in [0.5, 0.6) is 5.75 Å². The Labute approximate surface area is 201 Å². The second-order valence-electron chi connectivity index (χ2n) is 9.34. The monoisotopic (exact) mass is 477 g/mol. The summed E-state index contributed by atoms with van der Waals surface area (Å²) in [6, 6.07) is 6.10. The molecule has 1 aliphatic heterocycles. The SMILES string of the molecule is COc1ccc(F)cc1-c1c(F)cnc2[nH]c(C3=CC4CN(CC(=O)N(C)C)CC4C3)c(C#N)c12.